The Kier molecular flexibility index (Phi) is 5.82. The molecule has 3 aromatic carbocycles. The number of rotatable bonds is 4. The third-order valence-electron chi connectivity index (χ3n) is 7.72. The van der Waals surface area contributed by atoms with Crippen molar-refractivity contribution in [3.8, 4) is 0 Å². The van der Waals surface area contributed by atoms with Crippen LogP contribution in [0.1, 0.15) is 48.8 Å². The Morgan fingerprint density at radius 1 is 0.919 bits per heavy atom. The third kappa shape index (κ3) is 4.31. The smallest absolute Gasteiger partial charge is 0.231 e. The molecule has 2 aliphatic carbocycles. The molecule has 1 fully saturated rings. The Bertz CT molecular complexity index is 1390. The Balaban J connectivity index is 1.52. The van der Waals surface area contributed by atoms with E-state index in [0.717, 1.165) is 46.7 Å². The third-order valence-corrected chi connectivity index (χ3v) is 7.72. The van der Waals surface area contributed by atoms with E-state index >= 15 is 0 Å². The lowest BCUT2D eigenvalue weighted by Gasteiger charge is -2.35. The predicted octanol–water partition coefficient (Wildman–Crippen LogP) is 6.20. The average Bonchev–Trinajstić information content (AvgIpc) is 3.75. The number of hydrogen-bond donors (Lipinski definition) is 1. The predicted molar refractivity (Wildman–Crippen MR) is 144 cm³/mol. The molecule has 1 amide bonds. The van der Waals surface area contributed by atoms with Crippen LogP contribution in [0.15, 0.2) is 84.1 Å². The summed E-state index contributed by atoms with van der Waals surface area (Å²) in [5, 5.41) is 3.56. The Labute approximate surface area is 216 Å². The molecule has 37 heavy (non-hydrogen) atoms. The lowest BCUT2D eigenvalue weighted by Crippen LogP contribution is -2.39. The average molecular weight is 496 g/mol. The molecule has 3 aliphatic rings. The minimum atomic E-state index is -0.517. The molecule has 0 bridgehead atoms. The van der Waals surface area contributed by atoms with Crippen molar-refractivity contribution in [1.82, 2.24) is 0 Å². The normalized spacial score (nSPS) is 21.1. The summed E-state index contributed by atoms with van der Waals surface area (Å²) in [5.74, 6) is -0.273. The van der Waals surface area contributed by atoms with Gasteiger partial charge in [-0.1, -0.05) is 36.4 Å². The minimum absolute atomic E-state index is 0.00980. The zero-order valence-corrected chi connectivity index (χ0v) is 21.1. The molecule has 188 valence electrons. The lowest BCUT2D eigenvalue weighted by molar-refractivity contribution is -0.120. The molecule has 2 atom stereocenters. The number of anilines is 3. The monoisotopic (exact) mass is 495 g/mol. The highest BCUT2D eigenvalue weighted by Crippen LogP contribution is 2.49. The van der Waals surface area contributed by atoms with E-state index in [-0.39, 0.29) is 29.3 Å². The Morgan fingerprint density at radius 3 is 2.27 bits per heavy atom. The van der Waals surface area contributed by atoms with Gasteiger partial charge in [-0.15, -0.1) is 0 Å². The van der Waals surface area contributed by atoms with Gasteiger partial charge in [0.1, 0.15) is 5.82 Å². The van der Waals surface area contributed by atoms with Gasteiger partial charge in [0.05, 0.1) is 17.4 Å². The van der Waals surface area contributed by atoms with E-state index in [2.05, 4.69) is 5.32 Å². The highest BCUT2D eigenvalue weighted by atomic mass is 19.1. The summed E-state index contributed by atoms with van der Waals surface area (Å²) >= 11 is 0. The van der Waals surface area contributed by atoms with Crippen LogP contribution in [0.5, 0.6) is 0 Å². The second-order valence-corrected chi connectivity index (χ2v) is 10.5. The fourth-order valence-electron chi connectivity index (χ4n) is 5.60. The van der Waals surface area contributed by atoms with Crippen molar-refractivity contribution < 1.29 is 14.0 Å². The first-order valence-electron chi connectivity index (χ1n) is 12.9. The maximum Gasteiger partial charge on any atom is 0.231 e. The van der Waals surface area contributed by atoms with Crippen LogP contribution in [0.25, 0.3) is 0 Å². The fourth-order valence-corrected chi connectivity index (χ4v) is 5.60. The second kappa shape index (κ2) is 9.18. The quantitative estimate of drug-likeness (QED) is 0.468. The molecule has 5 nitrogen and oxygen atoms in total. The van der Waals surface area contributed by atoms with Gasteiger partial charge in [-0.25, -0.2) is 4.39 Å². The number of nitrogens with zero attached hydrogens (tertiary/aromatic N) is 2. The van der Waals surface area contributed by atoms with Crippen molar-refractivity contribution in [2.75, 3.05) is 29.2 Å². The molecule has 0 radical (unpaired) electrons. The van der Waals surface area contributed by atoms with Gasteiger partial charge in [0.2, 0.25) is 5.91 Å². The number of fused-ring (bicyclic) bond motifs is 1. The zero-order valence-electron chi connectivity index (χ0n) is 21.1. The van der Waals surface area contributed by atoms with Crippen molar-refractivity contribution in [1.29, 1.82) is 0 Å². The topological polar surface area (TPSA) is 52.7 Å². The summed E-state index contributed by atoms with van der Waals surface area (Å²) in [5.41, 5.74) is 6.02. The van der Waals surface area contributed by atoms with Gasteiger partial charge in [-0.3, -0.25) is 14.5 Å². The molecular formula is C31H30FN3O2. The van der Waals surface area contributed by atoms with Crippen molar-refractivity contribution >= 4 is 28.8 Å². The molecule has 1 saturated carbocycles. The van der Waals surface area contributed by atoms with Gasteiger partial charge in [0, 0.05) is 43.4 Å². The number of allylic oxidation sites excluding steroid dienone is 1. The number of Topliss-reactive ketones (excluding diaryl/α,β-unsaturated/α-hetero) is 1. The first kappa shape index (κ1) is 23.5. The zero-order chi connectivity index (χ0) is 25.7. The number of carbonyl (C=O) groups is 2. The highest BCUT2D eigenvalue weighted by Gasteiger charge is 2.45. The van der Waals surface area contributed by atoms with Crippen molar-refractivity contribution in [2.45, 2.75) is 37.6 Å². The number of ketones is 1. The number of carbonyl (C=O) groups excluding carboxylic acids is 2. The molecule has 1 heterocycles. The van der Waals surface area contributed by atoms with Crippen LogP contribution < -0.4 is 15.1 Å². The lowest BCUT2D eigenvalue weighted by atomic mass is 9.78. The number of amides is 1. The van der Waals surface area contributed by atoms with Gasteiger partial charge in [-0.05, 0) is 72.7 Å². The summed E-state index contributed by atoms with van der Waals surface area (Å²) in [6.07, 6.45) is 2.69. The molecule has 0 aromatic heterocycles. The summed E-state index contributed by atoms with van der Waals surface area (Å²) < 4.78 is 13.6. The van der Waals surface area contributed by atoms with E-state index in [1.54, 1.807) is 12.1 Å². The largest absolute Gasteiger partial charge is 0.378 e. The van der Waals surface area contributed by atoms with E-state index in [4.69, 9.17) is 0 Å². The molecule has 1 aliphatic heterocycles. The van der Waals surface area contributed by atoms with Gasteiger partial charge in [-0.2, -0.15) is 0 Å². The summed E-state index contributed by atoms with van der Waals surface area (Å²) in [7, 11) is 3.98. The molecule has 6 rings (SSSR count). The van der Waals surface area contributed by atoms with E-state index < -0.39 is 6.04 Å². The van der Waals surface area contributed by atoms with Crippen molar-refractivity contribution in [3.63, 3.8) is 0 Å². The van der Waals surface area contributed by atoms with E-state index in [1.165, 1.54) is 12.1 Å². The molecule has 0 saturated heterocycles. The second-order valence-electron chi connectivity index (χ2n) is 10.5. The van der Waals surface area contributed by atoms with Crippen LogP contribution in [0, 0.1) is 11.7 Å². The van der Waals surface area contributed by atoms with Gasteiger partial charge in [0.25, 0.3) is 0 Å². The van der Waals surface area contributed by atoms with E-state index in [9.17, 15) is 14.0 Å². The molecule has 3 aromatic rings. The van der Waals surface area contributed by atoms with Gasteiger partial charge >= 0.3 is 0 Å². The molecule has 6 heteroatoms. The number of halogens is 1. The fraction of sp³-hybridized carbons (Fsp3) is 0.290. The van der Waals surface area contributed by atoms with Gasteiger partial charge < -0.3 is 10.2 Å². The molecule has 1 N–H and O–H groups in total. The van der Waals surface area contributed by atoms with Crippen LogP contribution in [0.4, 0.5) is 21.5 Å². The van der Waals surface area contributed by atoms with Crippen molar-refractivity contribution in [3.05, 3.63) is 101 Å². The number of benzene rings is 3. The van der Waals surface area contributed by atoms with Crippen LogP contribution in [-0.2, 0) is 9.59 Å². The maximum atomic E-state index is 14.0. The first-order valence-corrected chi connectivity index (χ1v) is 12.9. The van der Waals surface area contributed by atoms with Crippen LogP contribution >= 0.6 is 0 Å². The van der Waals surface area contributed by atoms with Crippen LogP contribution in [0.3, 0.4) is 0 Å². The molecular weight excluding hydrogens is 465 g/mol. The summed E-state index contributed by atoms with van der Waals surface area (Å²) in [6.45, 7) is 0. The first-order chi connectivity index (χ1) is 17.9. The minimum Gasteiger partial charge on any atom is -0.378 e. The Hall–Kier alpha value is -3.93. The van der Waals surface area contributed by atoms with Gasteiger partial charge in [0.15, 0.2) is 5.78 Å². The standard InChI is InChI=1S/C31H30FN3O2/c1-34(2)24-15-11-20(12-16-24)30-29-26(17-22(18-28(29)36)19-9-13-23(32)14-10-19)33-25-5-3-4-6-27(25)35(30)31(37)21-7-8-21/h3-6,9-16,21-22,30,33H,7-8,17-18H2,1-2H3/t22-,30+/m0/s1. The summed E-state index contributed by atoms with van der Waals surface area (Å²) in [4.78, 5) is 31.7. The Morgan fingerprint density at radius 2 is 1.59 bits per heavy atom. The number of hydrogen-bond acceptors (Lipinski definition) is 4. The number of nitrogens with one attached hydrogen (secondary N) is 1. The SMILES string of the molecule is CN(C)c1ccc([C@@H]2C3=C(C[C@H](c4ccc(F)cc4)CC3=O)Nc3ccccc3N2C(=O)C2CC2)cc1. The molecule has 0 spiro atoms. The van der Waals surface area contributed by atoms with Crippen LogP contribution in [-0.4, -0.2) is 25.8 Å². The summed E-state index contributed by atoms with van der Waals surface area (Å²) in [6, 6.07) is 21.9. The van der Waals surface area contributed by atoms with Crippen molar-refractivity contribution in [2.24, 2.45) is 5.92 Å². The highest BCUT2D eigenvalue weighted by molar-refractivity contribution is 6.07. The van der Waals surface area contributed by atoms with Crippen LogP contribution in [0.2, 0.25) is 0 Å². The maximum absolute atomic E-state index is 14.0. The van der Waals surface area contributed by atoms with E-state index in [1.807, 2.05) is 72.4 Å². The van der Waals surface area contributed by atoms with E-state index in [0.29, 0.717) is 18.4 Å². The molecule has 0 unspecified atom stereocenters. The number of para-hydroxylation sites is 2.